The molecule has 0 spiro atoms. The lowest BCUT2D eigenvalue weighted by molar-refractivity contribution is -0.922. The number of amides is 1. The molecule has 4 rings (SSSR count). The minimum Gasteiger partial charge on any atom is -0.508 e. The minimum atomic E-state index is -0.261. The Balaban J connectivity index is 1.53. The van der Waals surface area contributed by atoms with Crippen molar-refractivity contribution in [3.05, 3.63) is 89.5 Å². The topological polar surface area (TPSA) is 57.0 Å². The third kappa shape index (κ3) is 4.89. The van der Waals surface area contributed by atoms with Crippen LogP contribution < -0.4 is 15.1 Å². The van der Waals surface area contributed by atoms with Gasteiger partial charge in [-0.2, -0.15) is 0 Å². The first-order chi connectivity index (χ1) is 15.0. The second-order valence-electron chi connectivity index (χ2n) is 8.31. The van der Waals surface area contributed by atoms with Gasteiger partial charge in [-0.15, -0.1) is 0 Å². The first kappa shape index (κ1) is 20.9. The van der Waals surface area contributed by atoms with Gasteiger partial charge in [0.1, 0.15) is 5.75 Å². The maximum absolute atomic E-state index is 13.5. The molecule has 0 unspecified atom stereocenters. The number of phenols is 1. The lowest BCUT2D eigenvalue weighted by Gasteiger charge is -2.37. The summed E-state index contributed by atoms with van der Waals surface area (Å²) >= 11 is 0. The van der Waals surface area contributed by atoms with E-state index < -0.39 is 0 Å². The average Bonchev–Trinajstić information content (AvgIpc) is 2.78. The number of aromatic hydroxyl groups is 1. The van der Waals surface area contributed by atoms with Crippen LogP contribution in [-0.4, -0.2) is 37.2 Å². The summed E-state index contributed by atoms with van der Waals surface area (Å²) in [6.07, 6.45) is 0. The molecule has 0 aromatic heterocycles. The van der Waals surface area contributed by atoms with Crippen molar-refractivity contribution in [2.75, 3.05) is 36.4 Å². The Morgan fingerprint density at radius 3 is 2.32 bits per heavy atom. The zero-order valence-electron chi connectivity index (χ0n) is 18.1. The predicted molar refractivity (Wildman–Crippen MR) is 125 cm³/mol. The molecule has 160 valence electrons. The number of nitrogens with one attached hydrogen (secondary N) is 2. The fourth-order valence-corrected chi connectivity index (χ4v) is 4.30. The maximum Gasteiger partial charge on any atom is 0.287 e. The van der Waals surface area contributed by atoms with Crippen molar-refractivity contribution in [3.63, 3.8) is 0 Å². The number of carbonyl (C=O) groups is 1. The van der Waals surface area contributed by atoms with Crippen molar-refractivity contribution >= 4 is 17.3 Å². The maximum atomic E-state index is 13.5. The molecule has 3 aromatic rings. The lowest BCUT2D eigenvalue weighted by Crippen LogP contribution is -3.16. The normalized spacial score (nSPS) is 15.5. The van der Waals surface area contributed by atoms with E-state index in [-0.39, 0.29) is 17.7 Å². The van der Waals surface area contributed by atoms with Crippen LogP contribution >= 0.6 is 0 Å². The fourth-order valence-electron chi connectivity index (χ4n) is 4.30. The molecule has 5 nitrogen and oxygen atoms in total. The van der Waals surface area contributed by atoms with Gasteiger partial charge in [0.2, 0.25) is 0 Å². The Hall–Kier alpha value is -3.31. The van der Waals surface area contributed by atoms with Gasteiger partial charge in [-0.25, -0.2) is 0 Å². The van der Waals surface area contributed by atoms with Crippen LogP contribution in [0.5, 0.6) is 5.75 Å². The second-order valence-corrected chi connectivity index (χ2v) is 8.31. The molecule has 3 aromatic carbocycles. The Morgan fingerprint density at radius 2 is 1.65 bits per heavy atom. The monoisotopic (exact) mass is 416 g/mol. The highest BCUT2D eigenvalue weighted by molar-refractivity contribution is 5.95. The molecule has 0 radical (unpaired) electrons. The van der Waals surface area contributed by atoms with E-state index in [0.717, 1.165) is 54.2 Å². The van der Waals surface area contributed by atoms with Crippen LogP contribution in [0.3, 0.4) is 0 Å². The predicted octanol–water partition coefficient (Wildman–Crippen LogP) is 3.09. The number of quaternary nitrogens is 1. The first-order valence-electron chi connectivity index (χ1n) is 10.8. The largest absolute Gasteiger partial charge is 0.508 e. The molecule has 0 bridgehead atoms. The molecule has 1 heterocycles. The number of aryl methyl sites for hydroxylation is 2. The second kappa shape index (κ2) is 9.23. The van der Waals surface area contributed by atoms with Gasteiger partial charge in [-0.05, 0) is 55.3 Å². The number of piperazine rings is 1. The number of anilines is 2. The molecular weight excluding hydrogens is 386 g/mol. The highest BCUT2D eigenvalue weighted by atomic mass is 16.3. The van der Waals surface area contributed by atoms with Crippen molar-refractivity contribution < 1.29 is 14.8 Å². The zero-order valence-corrected chi connectivity index (χ0v) is 18.1. The molecular formula is C26H30N3O2+. The highest BCUT2D eigenvalue weighted by Crippen LogP contribution is 2.21. The Kier molecular flexibility index (Phi) is 6.23. The third-order valence-electron chi connectivity index (χ3n) is 6.07. The molecule has 3 N–H and O–H groups in total. The summed E-state index contributed by atoms with van der Waals surface area (Å²) in [7, 11) is 0. The average molecular weight is 417 g/mol. The summed E-state index contributed by atoms with van der Waals surface area (Å²) in [5.41, 5.74) is 5.23. The van der Waals surface area contributed by atoms with E-state index >= 15 is 0 Å². The van der Waals surface area contributed by atoms with Gasteiger partial charge in [0, 0.05) is 16.9 Å². The van der Waals surface area contributed by atoms with E-state index in [1.54, 1.807) is 12.1 Å². The summed E-state index contributed by atoms with van der Waals surface area (Å²) in [6, 6.07) is 23.3. The molecule has 1 fully saturated rings. The van der Waals surface area contributed by atoms with E-state index in [0.29, 0.717) is 0 Å². The van der Waals surface area contributed by atoms with Crippen molar-refractivity contribution in [1.29, 1.82) is 0 Å². The highest BCUT2D eigenvalue weighted by Gasteiger charge is 2.34. The molecule has 5 heteroatoms. The number of benzene rings is 3. The van der Waals surface area contributed by atoms with E-state index in [1.165, 1.54) is 4.90 Å². The fraction of sp³-hybridized carbons (Fsp3) is 0.269. The summed E-state index contributed by atoms with van der Waals surface area (Å²) in [6.45, 7) is 7.51. The number of rotatable bonds is 5. The summed E-state index contributed by atoms with van der Waals surface area (Å²) < 4.78 is 0. The SMILES string of the molecule is Cc1ccc(C)c(NC(=O)[C@H](c2ccccc2)[NH+]2CCN(c3ccc(O)cc3)CC2)c1. The van der Waals surface area contributed by atoms with Gasteiger partial charge in [-0.3, -0.25) is 4.79 Å². The molecule has 1 amide bonds. The number of hydrogen-bond donors (Lipinski definition) is 3. The number of nitrogens with zero attached hydrogens (tertiary/aromatic N) is 1. The van der Waals surface area contributed by atoms with E-state index in [4.69, 9.17) is 0 Å². The van der Waals surface area contributed by atoms with Crippen LogP contribution in [0.15, 0.2) is 72.8 Å². The summed E-state index contributed by atoms with van der Waals surface area (Å²) in [4.78, 5) is 17.1. The minimum absolute atomic E-state index is 0.0352. The number of hydrogen-bond acceptors (Lipinski definition) is 3. The van der Waals surface area contributed by atoms with Gasteiger partial charge >= 0.3 is 0 Å². The molecule has 1 aliphatic rings. The Labute approximate surface area is 183 Å². The van der Waals surface area contributed by atoms with Crippen LogP contribution in [-0.2, 0) is 4.79 Å². The van der Waals surface area contributed by atoms with Crippen LogP contribution in [0.1, 0.15) is 22.7 Å². The molecule has 31 heavy (non-hydrogen) atoms. The van der Waals surface area contributed by atoms with E-state index in [1.807, 2.05) is 68.4 Å². The van der Waals surface area contributed by atoms with Gasteiger partial charge in [0.25, 0.3) is 5.91 Å². The van der Waals surface area contributed by atoms with Crippen molar-refractivity contribution in [2.24, 2.45) is 0 Å². The smallest absolute Gasteiger partial charge is 0.287 e. The van der Waals surface area contributed by atoms with Gasteiger partial charge in [-0.1, -0.05) is 42.5 Å². The molecule has 1 atom stereocenters. The van der Waals surface area contributed by atoms with Crippen molar-refractivity contribution in [1.82, 2.24) is 0 Å². The lowest BCUT2D eigenvalue weighted by atomic mass is 10.0. The molecule has 1 aliphatic heterocycles. The zero-order chi connectivity index (χ0) is 21.8. The molecule has 0 saturated carbocycles. The van der Waals surface area contributed by atoms with Crippen molar-refractivity contribution in [2.45, 2.75) is 19.9 Å². The van der Waals surface area contributed by atoms with Gasteiger partial charge in [0.15, 0.2) is 6.04 Å². The Morgan fingerprint density at radius 1 is 0.968 bits per heavy atom. The number of carbonyl (C=O) groups excluding carboxylic acids is 1. The van der Waals surface area contributed by atoms with Gasteiger partial charge in [0.05, 0.1) is 26.2 Å². The van der Waals surface area contributed by atoms with E-state index in [2.05, 4.69) is 16.3 Å². The quantitative estimate of drug-likeness (QED) is 0.599. The van der Waals surface area contributed by atoms with Crippen LogP contribution in [0, 0.1) is 13.8 Å². The first-order valence-corrected chi connectivity index (χ1v) is 10.8. The summed E-state index contributed by atoms with van der Waals surface area (Å²) in [5, 5.41) is 12.7. The summed E-state index contributed by atoms with van der Waals surface area (Å²) in [5.74, 6) is 0.313. The van der Waals surface area contributed by atoms with Crippen molar-refractivity contribution in [3.8, 4) is 5.75 Å². The standard InChI is InChI=1S/C26H29N3O2/c1-19-8-9-20(2)24(18-19)27-26(31)25(21-6-4-3-5-7-21)29-16-14-28(15-17-29)22-10-12-23(30)13-11-22/h3-13,18,25,30H,14-17H2,1-2H3,(H,27,31)/p+1/t25-/m0/s1. The molecule has 0 aliphatic carbocycles. The van der Waals surface area contributed by atoms with Crippen LogP contribution in [0.25, 0.3) is 0 Å². The third-order valence-corrected chi connectivity index (χ3v) is 6.07. The van der Waals surface area contributed by atoms with E-state index in [9.17, 15) is 9.90 Å². The van der Waals surface area contributed by atoms with Crippen LogP contribution in [0.2, 0.25) is 0 Å². The Bertz CT molecular complexity index is 1030. The number of phenolic OH excluding ortho intramolecular Hbond substituents is 1. The van der Waals surface area contributed by atoms with Gasteiger partial charge < -0.3 is 20.2 Å². The molecule has 1 saturated heterocycles. The van der Waals surface area contributed by atoms with Crippen LogP contribution in [0.4, 0.5) is 11.4 Å².